The van der Waals surface area contributed by atoms with E-state index in [1.54, 1.807) is 0 Å². The van der Waals surface area contributed by atoms with Gasteiger partial charge in [0.1, 0.15) is 0 Å². The van der Waals surface area contributed by atoms with E-state index in [9.17, 15) is 0 Å². The molecule has 0 heterocycles. The Morgan fingerprint density at radius 2 is 1.12 bits per heavy atom. The average molecular weight is 974 g/mol. The molecule has 0 amide bonds. The van der Waals surface area contributed by atoms with Gasteiger partial charge in [-0.2, -0.15) is 0 Å². The van der Waals surface area contributed by atoms with Crippen LogP contribution in [0.15, 0.2) is 272 Å². The Balaban J connectivity index is 0.00000168. The monoisotopic (exact) mass is 974 g/mol. The quantitative estimate of drug-likeness (QED) is 0.104. The zero-order valence-corrected chi connectivity index (χ0v) is 44.9. The van der Waals surface area contributed by atoms with E-state index in [4.69, 9.17) is 0 Å². The molecule has 11 rings (SSSR count). The van der Waals surface area contributed by atoms with E-state index in [2.05, 4.69) is 268 Å². The van der Waals surface area contributed by atoms with Crippen molar-refractivity contribution in [2.24, 2.45) is 0 Å². The fourth-order valence-corrected chi connectivity index (χ4v) is 11.4. The molecule has 0 saturated carbocycles. The van der Waals surface area contributed by atoms with Gasteiger partial charge in [0.25, 0.3) is 0 Å². The minimum absolute atomic E-state index is 0.407. The van der Waals surface area contributed by atoms with Crippen molar-refractivity contribution in [1.29, 1.82) is 0 Å². The molecule has 0 aromatic heterocycles. The van der Waals surface area contributed by atoms with Gasteiger partial charge >= 0.3 is 0 Å². The first-order valence-electron chi connectivity index (χ1n) is 27.3. The molecule has 0 saturated heterocycles. The number of hydrogen-bond acceptors (Lipinski definition) is 1. The van der Waals surface area contributed by atoms with E-state index >= 15 is 0 Å². The van der Waals surface area contributed by atoms with Gasteiger partial charge < -0.3 is 4.90 Å². The molecule has 3 aliphatic carbocycles. The second-order valence-corrected chi connectivity index (χ2v) is 19.1. The Bertz CT molecular complexity index is 3400. The molecule has 0 spiro atoms. The van der Waals surface area contributed by atoms with E-state index in [0.717, 1.165) is 42.6 Å². The summed E-state index contributed by atoms with van der Waals surface area (Å²) < 4.78 is 0. The highest BCUT2D eigenvalue weighted by molar-refractivity contribution is 5.89. The molecule has 75 heavy (non-hydrogen) atoms. The van der Waals surface area contributed by atoms with Crippen molar-refractivity contribution in [3.05, 3.63) is 306 Å². The van der Waals surface area contributed by atoms with Crippen molar-refractivity contribution >= 4 is 16.9 Å². The van der Waals surface area contributed by atoms with Crippen LogP contribution in [-0.2, 0) is 5.41 Å². The fourth-order valence-electron chi connectivity index (χ4n) is 11.4. The molecular formula is C74H71N. The van der Waals surface area contributed by atoms with Crippen LogP contribution < -0.4 is 4.90 Å². The molecule has 0 N–H and O–H groups in total. The number of benzene rings is 8. The Morgan fingerprint density at radius 1 is 0.533 bits per heavy atom. The van der Waals surface area contributed by atoms with E-state index in [0.29, 0.717) is 0 Å². The SMILES string of the molecule is C=C/C=C(\C=C/N(c1ccc(-c2ccc(C)c(C3=C(/C=C/C)CCC3)c2)cc1)c1cccc(-c2ccc(-c3ccc4c(c3)-c3ccccc3C4(c3ccccc3)c3ccccc3)cc2)c1)C1=CC=CCC1.CC.CC. The highest BCUT2D eigenvalue weighted by Crippen LogP contribution is 2.56. The van der Waals surface area contributed by atoms with Crippen molar-refractivity contribution < 1.29 is 0 Å². The molecule has 1 heteroatoms. The molecule has 8 aromatic rings. The lowest BCUT2D eigenvalue weighted by atomic mass is 9.67. The van der Waals surface area contributed by atoms with Gasteiger partial charge in [-0.1, -0.05) is 235 Å². The third kappa shape index (κ3) is 10.5. The van der Waals surface area contributed by atoms with Crippen LogP contribution in [0.2, 0.25) is 0 Å². The standard InChI is InChI=1S/C70H59N.2C2H6/c1-4-19-51(52-21-9-6-10-22-52)45-46-71(62-42-39-55(40-43-62)58-34-33-50(3)66(48-58)64-31-18-23-56(64)20-5-2)63-29-17-24-57(47-63)53-35-37-54(38-36-53)59-41-44-69-67(49-59)65-30-15-16-32-68(65)70(69,60-25-11-7-12-26-60)61-27-13-8-14-28-61;2*1-2/h4-9,11-17,19-21,24-30,32-49H,1,10,18,22-23,31H2,2-3H3;2*1-2H3/b20-5+,46-45-,51-19+;;. The second kappa shape index (κ2) is 24.2. The van der Waals surface area contributed by atoms with Gasteiger partial charge in [-0.15, -0.1) is 0 Å². The fraction of sp³-hybridized carbons (Fsp3) is 0.162. The maximum Gasteiger partial charge on any atom is 0.0713 e. The van der Waals surface area contributed by atoms with E-state index < -0.39 is 5.41 Å². The lowest BCUT2D eigenvalue weighted by Gasteiger charge is -2.33. The van der Waals surface area contributed by atoms with E-state index in [-0.39, 0.29) is 0 Å². The summed E-state index contributed by atoms with van der Waals surface area (Å²) in [6, 6.07) is 72.2. The number of nitrogens with zero attached hydrogens (tertiary/aromatic N) is 1. The molecule has 0 radical (unpaired) electrons. The lowest BCUT2D eigenvalue weighted by molar-refractivity contribution is 0.768. The zero-order valence-electron chi connectivity index (χ0n) is 44.9. The van der Waals surface area contributed by atoms with Crippen molar-refractivity contribution in [1.82, 2.24) is 0 Å². The van der Waals surface area contributed by atoms with Crippen molar-refractivity contribution in [2.75, 3.05) is 4.90 Å². The first-order valence-corrected chi connectivity index (χ1v) is 27.3. The van der Waals surface area contributed by atoms with E-state index in [1.807, 2.05) is 33.8 Å². The molecule has 0 unspecified atom stereocenters. The van der Waals surface area contributed by atoms with Crippen LogP contribution in [0.25, 0.3) is 50.1 Å². The summed E-state index contributed by atoms with van der Waals surface area (Å²) in [6.07, 6.45) is 25.2. The topological polar surface area (TPSA) is 3.24 Å². The lowest BCUT2D eigenvalue weighted by Crippen LogP contribution is -2.28. The van der Waals surface area contributed by atoms with E-state index in [1.165, 1.54) is 101 Å². The molecular weight excluding hydrogens is 903 g/mol. The van der Waals surface area contributed by atoms with Crippen LogP contribution in [0.4, 0.5) is 11.4 Å². The minimum atomic E-state index is -0.407. The van der Waals surface area contributed by atoms with Crippen molar-refractivity contribution in [3.8, 4) is 44.5 Å². The summed E-state index contributed by atoms with van der Waals surface area (Å²) in [4.78, 5) is 2.32. The molecule has 8 aromatic carbocycles. The third-order valence-corrected chi connectivity index (χ3v) is 14.9. The third-order valence-electron chi connectivity index (χ3n) is 14.9. The van der Waals surface area contributed by atoms with Gasteiger partial charge in [-0.05, 0) is 189 Å². The number of fused-ring (bicyclic) bond motifs is 3. The van der Waals surface area contributed by atoms with Gasteiger partial charge in [-0.25, -0.2) is 0 Å². The molecule has 0 fully saturated rings. The molecule has 3 aliphatic rings. The predicted octanol–water partition coefficient (Wildman–Crippen LogP) is 21.0. The van der Waals surface area contributed by atoms with Crippen LogP contribution in [0.3, 0.4) is 0 Å². The van der Waals surface area contributed by atoms with Crippen molar-refractivity contribution in [2.45, 2.75) is 79.1 Å². The van der Waals surface area contributed by atoms with Gasteiger partial charge in [0.15, 0.2) is 0 Å². The van der Waals surface area contributed by atoms with Crippen LogP contribution in [0.5, 0.6) is 0 Å². The predicted molar refractivity (Wildman–Crippen MR) is 326 cm³/mol. The van der Waals surface area contributed by atoms with Crippen LogP contribution in [-0.4, -0.2) is 0 Å². The Hall–Kier alpha value is -8.26. The smallest absolute Gasteiger partial charge is 0.0713 e. The summed E-state index contributed by atoms with van der Waals surface area (Å²) in [5, 5.41) is 0. The highest BCUT2D eigenvalue weighted by Gasteiger charge is 2.46. The Kier molecular flexibility index (Phi) is 16.6. The molecule has 0 bridgehead atoms. The number of rotatable bonds is 13. The molecule has 1 nitrogen and oxygen atoms in total. The molecule has 0 aliphatic heterocycles. The average Bonchev–Trinajstić information content (AvgIpc) is 4.09. The van der Waals surface area contributed by atoms with Gasteiger partial charge in [0.05, 0.1) is 5.41 Å². The largest absolute Gasteiger partial charge is 0.317 e. The van der Waals surface area contributed by atoms with Crippen LogP contribution in [0, 0.1) is 6.92 Å². The number of aryl methyl sites for hydroxylation is 1. The van der Waals surface area contributed by atoms with Crippen molar-refractivity contribution in [3.63, 3.8) is 0 Å². The first-order chi connectivity index (χ1) is 37.0. The van der Waals surface area contributed by atoms with Crippen LogP contribution >= 0.6 is 0 Å². The minimum Gasteiger partial charge on any atom is -0.317 e. The summed E-state index contributed by atoms with van der Waals surface area (Å²) in [7, 11) is 0. The second-order valence-electron chi connectivity index (χ2n) is 19.1. The maximum absolute atomic E-state index is 4.08. The normalized spacial score (nSPS) is 14.4. The number of hydrogen-bond donors (Lipinski definition) is 0. The summed E-state index contributed by atoms with van der Waals surface area (Å²) >= 11 is 0. The maximum atomic E-state index is 4.08. The highest BCUT2D eigenvalue weighted by atomic mass is 15.1. The summed E-state index contributed by atoms with van der Waals surface area (Å²) in [6.45, 7) is 16.4. The number of allylic oxidation sites excluding steroid dienone is 12. The molecule has 0 atom stereocenters. The van der Waals surface area contributed by atoms with Gasteiger partial charge in [-0.3, -0.25) is 0 Å². The summed E-state index contributed by atoms with van der Waals surface area (Å²) in [5.74, 6) is 0. The summed E-state index contributed by atoms with van der Waals surface area (Å²) in [5.41, 5.74) is 24.9. The number of anilines is 2. The first kappa shape index (κ1) is 51.6. The Labute approximate surface area is 448 Å². The Morgan fingerprint density at radius 3 is 1.76 bits per heavy atom. The molecule has 372 valence electrons. The zero-order chi connectivity index (χ0) is 52.2. The van der Waals surface area contributed by atoms with Gasteiger partial charge in [0, 0.05) is 17.6 Å². The van der Waals surface area contributed by atoms with Crippen LogP contribution in [0.1, 0.15) is 100 Å². The van der Waals surface area contributed by atoms with Gasteiger partial charge in [0.2, 0.25) is 0 Å².